The monoisotopic (exact) mass is 529 g/mol. The predicted molar refractivity (Wildman–Crippen MR) is 151 cm³/mol. The number of ether oxygens (including phenoxy) is 2. The standard InChI is InChI=1S/C30H28ClN3O4/c1-37-26-16-8-22(9-17-26)29(35)32-20-5-21-34(30(36)33-24-12-10-23(31)11-13-24)25-14-18-28(19-15-25)38-27-6-3-2-4-7-27/h2-4,6-19H,5,20-21H2,1H3,(H,32,35)(H,33,36). The summed E-state index contributed by atoms with van der Waals surface area (Å²) >= 11 is 5.97. The van der Waals surface area contributed by atoms with Gasteiger partial charge in [-0.2, -0.15) is 0 Å². The molecule has 2 N–H and O–H groups in total. The first kappa shape index (κ1) is 26.6. The number of amides is 3. The van der Waals surface area contributed by atoms with Crippen molar-refractivity contribution in [2.24, 2.45) is 0 Å². The molecule has 0 saturated heterocycles. The number of rotatable bonds is 10. The van der Waals surface area contributed by atoms with Crippen molar-refractivity contribution in [3.05, 3.63) is 114 Å². The molecule has 0 saturated carbocycles. The number of para-hydroxylation sites is 1. The van der Waals surface area contributed by atoms with E-state index in [1.807, 2.05) is 54.6 Å². The average Bonchev–Trinajstić information content (AvgIpc) is 2.95. The number of nitrogens with one attached hydrogen (secondary N) is 2. The van der Waals surface area contributed by atoms with Gasteiger partial charge in [0.1, 0.15) is 17.2 Å². The summed E-state index contributed by atoms with van der Waals surface area (Å²) < 4.78 is 11.0. The molecule has 0 heterocycles. The first-order valence-electron chi connectivity index (χ1n) is 12.1. The van der Waals surface area contributed by atoms with E-state index in [-0.39, 0.29) is 11.9 Å². The molecule has 3 amide bonds. The van der Waals surface area contributed by atoms with Gasteiger partial charge in [-0.05, 0) is 91.3 Å². The van der Waals surface area contributed by atoms with E-state index < -0.39 is 0 Å². The maximum absolute atomic E-state index is 13.2. The van der Waals surface area contributed by atoms with E-state index in [2.05, 4.69) is 10.6 Å². The van der Waals surface area contributed by atoms with Crippen LogP contribution >= 0.6 is 11.6 Å². The molecule has 4 aromatic carbocycles. The lowest BCUT2D eigenvalue weighted by atomic mass is 10.2. The van der Waals surface area contributed by atoms with Crippen molar-refractivity contribution >= 4 is 34.9 Å². The lowest BCUT2D eigenvalue weighted by molar-refractivity contribution is 0.0953. The molecule has 0 atom stereocenters. The third-order valence-corrected chi connectivity index (χ3v) is 5.92. The van der Waals surface area contributed by atoms with E-state index >= 15 is 0 Å². The highest BCUT2D eigenvalue weighted by atomic mass is 35.5. The van der Waals surface area contributed by atoms with Gasteiger partial charge in [-0.3, -0.25) is 9.69 Å². The van der Waals surface area contributed by atoms with Crippen LogP contribution in [0.15, 0.2) is 103 Å². The summed E-state index contributed by atoms with van der Waals surface area (Å²) in [5.74, 6) is 1.88. The fourth-order valence-corrected chi connectivity index (χ4v) is 3.80. The quantitative estimate of drug-likeness (QED) is 0.217. The number of methoxy groups -OCH3 is 1. The molecule has 7 nitrogen and oxygen atoms in total. The van der Waals surface area contributed by atoms with Crippen LogP contribution in [0.25, 0.3) is 0 Å². The summed E-state index contributed by atoms with van der Waals surface area (Å²) in [6.45, 7) is 0.770. The second-order valence-corrected chi connectivity index (χ2v) is 8.77. The van der Waals surface area contributed by atoms with E-state index in [1.165, 1.54) is 0 Å². The van der Waals surface area contributed by atoms with Crippen molar-refractivity contribution in [3.63, 3.8) is 0 Å². The number of hydrogen-bond donors (Lipinski definition) is 2. The fraction of sp³-hybridized carbons (Fsp3) is 0.133. The zero-order valence-corrected chi connectivity index (χ0v) is 21.7. The maximum atomic E-state index is 13.2. The second kappa shape index (κ2) is 13.2. The molecule has 8 heteroatoms. The van der Waals surface area contributed by atoms with Gasteiger partial charge in [0, 0.05) is 35.1 Å². The summed E-state index contributed by atoms with van der Waals surface area (Å²) in [6, 6.07) is 30.3. The largest absolute Gasteiger partial charge is 0.497 e. The van der Waals surface area contributed by atoms with Crippen LogP contribution in [0.1, 0.15) is 16.8 Å². The van der Waals surface area contributed by atoms with Gasteiger partial charge in [0.25, 0.3) is 5.91 Å². The molecule has 0 fully saturated rings. The third kappa shape index (κ3) is 7.51. The Morgan fingerprint density at radius 2 is 1.42 bits per heavy atom. The maximum Gasteiger partial charge on any atom is 0.326 e. The van der Waals surface area contributed by atoms with Crippen molar-refractivity contribution in [2.45, 2.75) is 6.42 Å². The van der Waals surface area contributed by atoms with Crippen molar-refractivity contribution < 1.29 is 19.1 Å². The second-order valence-electron chi connectivity index (χ2n) is 8.34. The Morgan fingerprint density at radius 1 is 0.789 bits per heavy atom. The first-order chi connectivity index (χ1) is 18.5. The molecule has 0 aliphatic heterocycles. The lowest BCUT2D eigenvalue weighted by Crippen LogP contribution is -2.37. The van der Waals surface area contributed by atoms with Gasteiger partial charge in [0.2, 0.25) is 0 Å². The van der Waals surface area contributed by atoms with Crippen LogP contribution in [0.3, 0.4) is 0 Å². The number of carbonyl (C=O) groups is 2. The number of hydrogen-bond acceptors (Lipinski definition) is 4. The Bertz CT molecular complexity index is 1330. The summed E-state index contributed by atoms with van der Waals surface area (Å²) in [4.78, 5) is 27.3. The van der Waals surface area contributed by atoms with Crippen LogP contribution in [0.5, 0.6) is 17.2 Å². The normalized spacial score (nSPS) is 10.4. The van der Waals surface area contributed by atoms with Gasteiger partial charge in [-0.25, -0.2) is 4.79 Å². The summed E-state index contributed by atoms with van der Waals surface area (Å²) in [6.07, 6.45) is 0.540. The molecule has 4 rings (SSSR count). The van der Waals surface area contributed by atoms with E-state index in [1.54, 1.807) is 60.5 Å². The number of nitrogens with zero attached hydrogens (tertiary/aromatic N) is 1. The number of urea groups is 1. The summed E-state index contributed by atoms with van der Waals surface area (Å²) in [7, 11) is 1.58. The van der Waals surface area contributed by atoms with Crippen molar-refractivity contribution in [1.29, 1.82) is 0 Å². The highest BCUT2D eigenvalue weighted by Crippen LogP contribution is 2.25. The molecule has 0 unspecified atom stereocenters. The molecule has 0 aliphatic carbocycles. The van der Waals surface area contributed by atoms with E-state index in [9.17, 15) is 9.59 Å². The van der Waals surface area contributed by atoms with Gasteiger partial charge in [0.15, 0.2) is 0 Å². The van der Waals surface area contributed by atoms with Gasteiger partial charge < -0.3 is 20.1 Å². The van der Waals surface area contributed by atoms with Crippen molar-refractivity contribution in [1.82, 2.24) is 5.32 Å². The van der Waals surface area contributed by atoms with Crippen LogP contribution < -0.4 is 25.0 Å². The van der Waals surface area contributed by atoms with Gasteiger partial charge >= 0.3 is 6.03 Å². The number of anilines is 2. The van der Waals surface area contributed by atoms with Crippen LogP contribution in [-0.4, -0.2) is 32.1 Å². The zero-order chi connectivity index (χ0) is 26.7. The Kier molecular flexibility index (Phi) is 9.21. The number of halogens is 1. The first-order valence-corrected chi connectivity index (χ1v) is 12.5. The van der Waals surface area contributed by atoms with E-state index in [4.69, 9.17) is 21.1 Å². The number of carbonyl (C=O) groups excluding carboxylic acids is 2. The summed E-state index contributed by atoms with van der Waals surface area (Å²) in [5, 5.41) is 6.39. The SMILES string of the molecule is COc1ccc(C(=O)NCCCN(C(=O)Nc2ccc(Cl)cc2)c2ccc(Oc3ccccc3)cc2)cc1. The van der Waals surface area contributed by atoms with Crippen LogP contribution in [-0.2, 0) is 0 Å². The van der Waals surface area contributed by atoms with Gasteiger partial charge in [-0.15, -0.1) is 0 Å². The Hall–Kier alpha value is -4.49. The van der Waals surface area contributed by atoms with Crippen molar-refractivity contribution in [3.8, 4) is 17.2 Å². The number of benzene rings is 4. The predicted octanol–water partition coefficient (Wildman–Crippen LogP) is 7.00. The Balaban J connectivity index is 1.41. The minimum absolute atomic E-state index is 0.188. The van der Waals surface area contributed by atoms with Crippen LogP contribution in [0.4, 0.5) is 16.2 Å². The van der Waals surface area contributed by atoms with E-state index in [0.717, 1.165) is 5.75 Å². The molecule has 0 aromatic heterocycles. The van der Waals surface area contributed by atoms with Gasteiger partial charge in [0.05, 0.1) is 7.11 Å². The van der Waals surface area contributed by atoms with E-state index in [0.29, 0.717) is 53.0 Å². The van der Waals surface area contributed by atoms with Gasteiger partial charge in [-0.1, -0.05) is 29.8 Å². The molecule has 0 radical (unpaired) electrons. The molecule has 0 aliphatic rings. The molecule has 38 heavy (non-hydrogen) atoms. The van der Waals surface area contributed by atoms with Crippen LogP contribution in [0.2, 0.25) is 5.02 Å². The highest BCUT2D eigenvalue weighted by molar-refractivity contribution is 6.30. The third-order valence-electron chi connectivity index (χ3n) is 5.66. The topological polar surface area (TPSA) is 79.9 Å². The molecule has 4 aromatic rings. The zero-order valence-electron chi connectivity index (χ0n) is 20.9. The lowest BCUT2D eigenvalue weighted by Gasteiger charge is -2.24. The molecule has 194 valence electrons. The Morgan fingerprint density at radius 3 is 2.08 bits per heavy atom. The smallest absolute Gasteiger partial charge is 0.326 e. The molecular formula is C30H28ClN3O4. The summed E-state index contributed by atoms with van der Waals surface area (Å²) in [5.41, 5.74) is 1.86. The highest BCUT2D eigenvalue weighted by Gasteiger charge is 2.17. The molecule has 0 bridgehead atoms. The molecular weight excluding hydrogens is 502 g/mol. The minimum Gasteiger partial charge on any atom is -0.497 e. The average molecular weight is 530 g/mol. The Labute approximate surface area is 227 Å². The van der Waals surface area contributed by atoms with Crippen molar-refractivity contribution in [2.75, 3.05) is 30.4 Å². The van der Waals surface area contributed by atoms with Crippen LogP contribution in [0, 0.1) is 0 Å². The molecule has 0 spiro atoms. The fourth-order valence-electron chi connectivity index (χ4n) is 3.67. The minimum atomic E-state index is -0.300.